The Morgan fingerprint density at radius 1 is 1.13 bits per heavy atom. The lowest BCUT2D eigenvalue weighted by atomic mass is 10.1. The topological polar surface area (TPSA) is 112 Å². The van der Waals surface area contributed by atoms with Crippen LogP contribution in [0.15, 0.2) is 18.2 Å². The van der Waals surface area contributed by atoms with Crippen molar-refractivity contribution in [2.45, 2.75) is 33.1 Å². The SMILES string of the molecule is Cc1nn(-c2ccc(Cl)c(Cl)c2)c(C)c1CC(=O)OCC(=O)N(CCC#N)CCC#N. The smallest absolute Gasteiger partial charge is 0.310 e. The minimum Gasteiger partial charge on any atom is -0.455 e. The van der Waals surface area contributed by atoms with Gasteiger partial charge < -0.3 is 9.64 Å². The normalized spacial score (nSPS) is 10.3. The third-order valence-electron chi connectivity index (χ3n) is 4.61. The Hall–Kier alpha value is -3.07. The van der Waals surface area contributed by atoms with E-state index in [2.05, 4.69) is 5.10 Å². The molecule has 0 aliphatic carbocycles. The molecule has 0 aliphatic heterocycles. The highest BCUT2D eigenvalue weighted by Crippen LogP contribution is 2.26. The van der Waals surface area contributed by atoms with Crippen molar-refractivity contribution in [1.82, 2.24) is 14.7 Å². The van der Waals surface area contributed by atoms with Crippen molar-refractivity contribution in [1.29, 1.82) is 10.5 Å². The molecule has 1 aromatic heterocycles. The maximum Gasteiger partial charge on any atom is 0.310 e. The van der Waals surface area contributed by atoms with E-state index in [0.717, 1.165) is 5.69 Å². The number of halogens is 2. The Morgan fingerprint density at radius 3 is 2.35 bits per heavy atom. The van der Waals surface area contributed by atoms with Crippen LogP contribution in [0.3, 0.4) is 0 Å². The average Bonchev–Trinajstić information content (AvgIpc) is 3.02. The molecule has 2 aromatic rings. The van der Waals surface area contributed by atoms with Crippen LogP contribution < -0.4 is 0 Å². The summed E-state index contributed by atoms with van der Waals surface area (Å²) in [5, 5.41) is 22.7. The van der Waals surface area contributed by atoms with E-state index in [1.54, 1.807) is 29.8 Å². The van der Waals surface area contributed by atoms with Gasteiger partial charge in [-0.1, -0.05) is 23.2 Å². The molecule has 0 saturated heterocycles. The van der Waals surface area contributed by atoms with Gasteiger partial charge in [0.25, 0.3) is 5.91 Å². The van der Waals surface area contributed by atoms with Crippen LogP contribution in [0.5, 0.6) is 0 Å². The van der Waals surface area contributed by atoms with Gasteiger partial charge in [-0.2, -0.15) is 15.6 Å². The standard InChI is InChI=1S/C21H21Cl2N5O3/c1-14-17(15(2)28(26-14)16-5-6-18(22)19(23)11-16)12-21(30)31-13-20(29)27(9-3-7-24)10-4-8-25/h5-6,11H,3-4,9-10,12-13H2,1-2H3. The molecule has 0 fully saturated rings. The number of aromatic nitrogens is 2. The number of benzene rings is 1. The van der Waals surface area contributed by atoms with Crippen molar-refractivity contribution >= 4 is 35.1 Å². The zero-order chi connectivity index (χ0) is 23.0. The number of rotatable bonds is 9. The maximum absolute atomic E-state index is 12.3. The minimum absolute atomic E-state index is 0.0529. The Balaban J connectivity index is 2.04. The first-order chi connectivity index (χ1) is 14.8. The van der Waals surface area contributed by atoms with Gasteiger partial charge in [-0.15, -0.1) is 0 Å². The summed E-state index contributed by atoms with van der Waals surface area (Å²) in [5.41, 5.74) is 2.78. The Morgan fingerprint density at radius 2 is 1.77 bits per heavy atom. The van der Waals surface area contributed by atoms with Gasteiger partial charge in [-0.25, -0.2) is 4.68 Å². The van der Waals surface area contributed by atoms with E-state index in [4.69, 9.17) is 38.5 Å². The van der Waals surface area contributed by atoms with Crippen molar-refractivity contribution in [3.05, 3.63) is 45.2 Å². The van der Waals surface area contributed by atoms with Crippen LogP contribution >= 0.6 is 23.2 Å². The molecular formula is C21H21Cl2N5O3. The lowest BCUT2D eigenvalue weighted by Crippen LogP contribution is -2.36. The summed E-state index contributed by atoms with van der Waals surface area (Å²) in [5.74, 6) is -1.02. The molecule has 10 heteroatoms. The van der Waals surface area contributed by atoms with Crippen LogP contribution in [0.25, 0.3) is 5.69 Å². The van der Waals surface area contributed by atoms with Gasteiger partial charge in [0.2, 0.25) is 0 Å². The zero-order valence-corrected chi connectivity index (χ0v) is 18.7. The molecule has 0 bridgehead atoms. The molecule has 0 N–H and O–H groups in total. The summed E-state index contributed by atoms with van der Waals surface area (Å²) in [4.78, 5) is 26.0. The Bertz CT molecular complexity index is 1030. The quantitative estimate of drug-likeness (QED) is 0.527. The molecule has 0 radical (unpaired) electrons. The molecule has 8 nitrogen and oxygen atoms in total. The highest BCUT2D eigenvalue weighted by Gasteiger charge is 2.19. The number of aryl methyl sites for hydroxylation is 1. The third kappa shape index (κ3) is 6.45. The van der Waals surface area contributed by atoms with Crippen LogP contribution in [0.1, 0.15) is 29.8 Å². The first kappa shape index (κ1) is 24.2. The van der Waals surface area contributed by atoms with Crippen molar-refractivity contribution in [2.24, 2.45) is 0 Å². The van der Waals surface area contributed by atoms with Crippen LogP contribution in [0, 0.1) is 36.5 Å². The molecule has 0 atom stereocenters. The number of hydrogen-bond acceptors (Lipinski definition) is 6. The number of nitrogens with zero attached hydrogens (tertiary/aromatic N) is 5. The molecule has 0 spiro atoms. The monoisotopic (exact) mass is 461 g/mol. The van der Waals surface area contributed by atoms with Gasteiger partial charge >= 0.3 is 5.97 Å². The molecule has 2 rings (SSSR count). The molecule has 0 aliphatic rings. The molecule has 1 aromatic carbocycles. The number of nitriles is 2. The van der Waals surface area contributed by atoms with Crippen LogP contribution in [0.4, 0.5) is 0 Å². The fraction of sp³-hybridized carbons (Fsp3) is 0.381. The fourth-order valence-corrected chi connectivity index (χ4v) is 3.25. The predicted molar refractivity (Wildman–Crippen MR) is 115 cm³/mol. The van der Waals surface area contributed by atoms with E-state index >= 15 is 0 Å². The van der Waals surface area contributed by atoms with Crippen LogP contribution in [-0.2, 0) is 20.7 Å². The summed E-state index contributed by atoms with van der Waals surface area (Å²) in [6.07, 6.45) is 0.220. The highest BCUT2D eigenvalue weighted by molar-refractivity contribution is 6.42. The lowest BCUT2D eigenvalue weighted by Gasteiger charge is -2.20. The second-order valence-electron chi connectivity index (χ2n) is 6.69. The van der Waals surface area contributed by atoms with E-state index in [-0.39, 0.29) is 32.4 Å². The number of ether oxygens (including phenoxy) is 1. The van der Waals surface area contributed by atoms with E-state index in [1.807, 2.05) is 19.1 Å². The van der Waals surface area contributed by atoms with E-state index < -0.39 is 18.5 Å². The third-order valence-corrected chi connectivity index (χ3v) is 5.35. The molecule has 0 unspecified atom stereocenters. The van der Waals surface area contributed by atoms with E-state index in [0.29, 0.717) is 27.0 Å². The summed E-state index contributed by atoms with van der Waals surface area (Å²) in [6.45, 7) is 3.52. The van der Waals surface area contributed by atoms with E-state index in [1.165, 1.54) is 4.90 Å². The van der Waals surface area contributed by atoms with Crippen molar-refractivity contribution in [3.63, 3.8) is 0 Å². The summed E-state index contributed by atoms with van der Waals surface area (Å²) < 4.78 is 6.80. The maximum atomic E-state index is 12.3. The molecule has 31 heavy (non-hydrogen) atoms. The number of carbonyl (C=O) groups excluding carboxylic acids is 2. The first-order valence-corrected chi connectivity index (χ1v) is 10.2. The fourth-order valence-electron chi connectivity index (χ4n) is 2.96. The van der Waals surface area contributed by atoms with Gasteiger partial charge in [-0.05, 0) is 32.0 Å². The number of amides is 1. The second kappa shape index (κ2) is 11.4. The molecule has 1 amide bonds. The van der Waals surface area contributed by atoms with Crippen molar-refractivity contribution in [3.8, 4) is 17.8 Å². The molecule has 1 heterocycles. The van der Waals surface area contributed by atoms with E-state index in [9.17, 15) is 9.59 Å². The number of hydrogen-bond donors (Lipinski definition) is 0. The molecular weight excluding hydrogens is 441 g/mol. The van der Waals surface area contributed by atoms with Gasteiger partial charge in [0.1, 0.15) is 0 Å². The Labute approximate surface area is 190 Å². The van der Waals surface area contributed by atoms with Gasteiger partial charge in [0.15, 0.2) is 6.61 Å². The van der Waals surface area contributed by atoms with Crippen molar-refractivity contribution in [2.75, 3.05) is 19.7 Å². The van der Waals surface area contributed by atoms with Gasteiger partial charge in [-0.3, -0.25) is 9.59 Å². The highest BCUT2D eigenvalue weighted by atomic mass is 35.5. The van der Waals surface area contributed by atoms with Crippen molar-refractivity contribution < 1.29 is 14.3 Å². The first-order valence-electron chi connectivity index (χ1n) is 9.46. The Kier molecular flexibility index (Phi) is 8.87. The summed E-state index contributed by atoms with van der Waals surface area (Å²) in [6, 6.07) is 9.02. The number of carbonyl (C=O) groups is 2. The lowest BCUT2D eigenvalue weighted by molar-refractivity contribution is -0.151. The van der Waals surface area contributed by atoms with Crippen LogP contribution in [0.2, 0.25) is 10.0 Å². The van der Waals surface area contributed by atoms with Gasteiger partial charge in [0, 0.05) is 24.3 Å². The minimum atomic E-state index is -0.575. The number of esters is 1. The van der Waals surface area contributed by atoms with Gasteiger partial charge in [0.05, 0.1) is 52.8 Å². The zero-order valence-electron chi connectivity index (χ0n) is 17.2. The average molecular weight is 462 g/mol. The summed E-state index contributed by atoms with van der Waals surface area (Å²) in [7, 11) is 0. The predicted octanol–water partition coefficient (Wildman–Crippen LogP) is 3.54. The summed E-state index contributed by atoms with van der Waals surface area (Å²) >= 11 is 12.1. The second-order valence-corrected chi connectivity index (χ2v) is 7.51. The van der Waals surface area contributed by atoms with Crippen LogP contribution in [-0.4, -0.2) is 46.3 Å². The molecule has 162 valence electrons. The molecule has 0 saturated carbocycles. The largest absolute Gasteiger partial charge is 0.455 e.